The van der Waals surface area contributed by atoms with Crippen molar-refractivity contribution in [2.75, 3.05) is 25.6 Å². The summed E-state index contributed by atoms with van der Waals surface area (Å²) in [5.74, 6) is -0.964. The SMILES string of the molecule is COCCn1cc(NC(=O)N2CCC[C@@H]2C(=O)O)cn1. The first-order valence-corrected chi connectivity index (χ1v) is 6.43. The van der Waals surface area contributed by atoms with E-state index in [1.54, 1.807) is 18.0 Å². The molecule has 8 nitrogen and oxygen atoms in total. The Morgan fingerprint density at radius 1 is 1.60 bits per heavy atom. The number of carbonyl (C=O) groups is 2. The summed E-state index contributed by atoms with van der Waals surface area (Å²) >= 11 is 0. The minimum absolute atomic E-state index is 0.402. The third-order valence-corrected chi connectivity index (χ3v) is 3.21. The molecule has 1 aliphatic heterocycles. The highest BCUT2D eigenvalue weighted by Gasteiger charge is 2.34. The van der Waals surface area contributed by atoms with Gasteiger partial charge in [-0.3, -0.25) is 4.68 Å². The fourth-order valence-corrected chi connectivity index (χ4v) is 2.20. The Hall–Kier alpha value is -2.09. The molecule has 8 heteroatoms. The van der Waals surface area contributed by atoms with Gasteiger partial charge in [0, 0.05) is 19.9 Å². The Bertz CT molecular complexity index is 488. The van der Waals surface area contributed by atoms with Crippen molar-refractivity contribution in [3.8, 4) is 0 Å². The van der Waals surface area contributed by atoms with Gasteiger partial charge in [0.15, 0.2) is 0 Å². The summed E-state index contributed by atoms with van der Waals surface area (Å²) in [5.41, 5.74) is 0.544. The largest absolute Gasteiger partial charge is 0.480 e. The molecular formula is C12H18N4O4. The minimum Gasteiger partial charge on any atom is -0.480 e. The number of anilines is 1. The molecule has 20 heavy (non-hydrogen) atoms. The first kappa shape index (κ1) is 14.3. The normalized spacial score (nSPS) is 18.2. The van der Waals surface area contributed by atoms with Gasteiger partial charge < -0.3 is 20.1 Å². The van der Waals surface area contributed by atoms with Crippen LogP contribution in [0.4, 0.5) is 10.5 Å². The van der Waals surface area contributed by atoms with Crippen LogP contribution in [0.5, 0.6) is 0 Å². The lowest BCUT2D eigenvalue weighted by Gasteiger charge is -2.21. The van der Waals surface area contributed by atoms with E-state index in [0.29, 0.717) is 38.2 Å². The highest BCUT2D eigenvalue weighted by atomic mass is 16.5. The second kappa shape index (κ2) is 6.38. The third kappa shape index (κ3) is 3.27. The van der Waals surface area contributed by atoms with Crippen molar-refractivity contribution in [2.45, 2.75) is 25.4 Å². The number of carboxylic acid groups (broad SMARTS) is 1. The van der Waals surface area contributed by atoms with Gasteiger partial charge in [-0.05, 0) is 12.8 Å². The average Bonchev–Trinajstić information content (AvgIpc) is 3.04. The number of rotatable bonds is 5. The van der Waals surface area contributed by atoms with Crippen LogP contribution in [0.2, 0.25) is 0 Å². The standard InChI is InChI=1S/C12H18N4O4/c1-20-6-5-15-8-9(7-13-15)14-12(19)16-4-2-3-10(16)11(17)18/h7-8,10H,2-6H2,1H3,(H,14,19)(H,17,18)/t10-/m1/s1. The van der Waals surface area contributed by atoms with Crippen LogP contribution < -0.4 is 5.32 Å². The first-order chi connectivity index (χ1) is 9.61. The third-order valence-electron chi connectivity index (χ3n) is 3.21. The summed E-state index contributed by atoms with van der Waals surface area (Å²) < 4.78 is 6.59. The molecule has 1 saturated heterocycles. The number of carbonyl (C=O) groups excluding carboxylic acids is 1. The monoisotopic (exact) mass is 282 g/mol. The van der Waals surface area contributed by atoms with E-state index >= 15 is 0 Å². The smallest absolute Gasteiger partial charge is 0.326 e. The molecule has 1 aromatic heterocycles. The lowest BCUT2D eigenvalue weighted by atomic mass is 10.2. The number of methoxy groups -OCH3 is 1. The number of amides is 2. The number of nitrogens with one attached hydrogen (secondary N) is 1. The molecule has 0 bridgehead atoms. The molecule has 1 aliphatic rings. The van der Waals surface area contributed by atoms with Crippen LogP contribution >= 0.6 is 0 Å². The van der Waals surface area contributed by atoms with E-state index in [2.05, 4.69) is 10.4 Å². The van der Waals surface area contributed by atoms with Crippen molar-refractivity contribution in [2.24, 2.45) is 0 Å². The van der Waals surface area contributed by atoms with E-state index in [0.717, 1.165) is 0 Å². The van der Waals surface area contributed by atoms with Crippen LogP contribution in [-0.2, 0) is 16.1 Å². The van der Waals surface area contributed by atoms with Gasteiger partial charge in [-0.15, -0.1) is 0 Å². The van der Waals surface area contributed by atoms with E-state index in [-0.39, 0.29) is 0 Å². The molecule has 2 N–H and O–H groups in total. The maximum Gasteiger partial charge on any atom is 0.326 e. The van der Waals surface area contributed by atoms with Crippen molar-refractivity contribution in [3.63, 3.8) is 0 Å². The average molecular weight is 282 g/mol. The van der Waals surface area contributed by atoms with Crippen molar-refractivity contribution in [1.29, 1.82) is 0 Å². The zero-order valence-electron chi connectivity index (χ0n) is 11.3. The summed E-state index contributed by atoms with van der Waals surface area (Å²) in [7, 11) is 1.60. The second-order valence-electron chi connectivity index (χ2n) is 4.60. The summed E-state index contributed by atoms with van der Waals surface area (Å²) in [4.78, 5) is 24.4. The van der Waals surface area contributed by atoms with Gasteiger partial charge in [-0.25, -0.2) is 9.59 Å². The summed E-state index contributed by atoms with van der Waals surface area (Å²) in [5, 5.41) is 15.8. The van der Waals surface area contributed by atoms with Crippen LogP contribution in [-0.4, -0.2) is 58.1 Å². The van der Waals surface area contributed by atoms with Crippen molar-refractivity contribution in [1.82, 2.24) is 14.7 Å². The van der Waals surface area contributed by atoms with Gasteiger partial charge in [0.25, 0.3) is 0 Å². The quantitative estimate of drug-likeness (QED) is 0.824. The maximum atomic E-state index is 12.0. The topological polar surface area (TPSA) is 96.7 Å². The molecule has 0 aliphatic carbocycles. The number of likely N-dealkylation sites (tertiary alicyclic amines) is 1. The molecule has 0 aromatic carbocycles. The lowest BCUT2D eigenvalue weighted by molar-refractivity contribution is -0.141. The molecule has 0 spiro atoms. The fourth-order valence-electron chi connectivity index (χ4n) is 2.20. The molecule has 2 amide bonds. The number of hydrogen-bond acceptors (Lipinski definition) is 4. The number of aliphatic carboxylic acids is 1. The Morgan fingerprint density at radius 3 is 3.10 bits per heavy atom. The summed E-state index contributed by atoms with van der Waals surface area (Å²) in [6.45, 7) is 1.58. The second-order valence-corrected chi connectivity index (χ2v) is 4.60. The van der Waals surface area contributed by atoms with Crippen LogP contribution in [0.1, 0.15) is 12.8 Å². The van der Waals surface area contributed by atoms with Gasteiger partial charge >= 0.3 is 12.0 Å². The Labute approximate surface area is 116 Å². The van der Waals surface area contributed by atoms with Crippen molar-refractivity contribution >= 4 is 17.7 Å². The number of ether oxygens (including phenoxy) is 1. The van der Waals surface area contributed by atoms with Crippen molar-refractivity contribution in [3.05, 3.63) is 12.4 Å². The van der Waals surface area contributed by atoms with Crippen LogP contribution in [0.3, 0.4) is 0 Å². The van der Waals surface area contributed by atoms with Gasteiger partial charge in [0.2, 0.25) is 0 Å². The van der Waals surface area contributed by atoms with Gasteiger partial charge in [-0.1, -0.05) is 0 Å². The lowest BCUT2D eigenvalue weighted by Crippen LogP contribution is -2.42. The zero-order valence-corrected chi connectivity index (χ0v) is 11.3. The molecule has 0 radical (unpaired) electrons. The molecule has 2 rings (SSSR count). The van der Waals surface area contributed by atoms with E-state index in [1.165, 1.54) is 11.1 Å². The number of carboxylic acids is 1. The van der Waals surface area contributed by atoms with E-state index in [1.807, 2.05) is 0 Å². The van der Waals surface area contributed by atoms with E-state index in [4.69, 9.17) is 9.84 Å². The predicted octanol–water partition coefficient (Wildman–Crippen LogP) is 0.610. The molecule has 1 aromatic rings. The Kier molecular flexibility index (Phi) is 4.57. The summed E-state index contributed by atoms with van der Waals surface area (Å²) in [6.07, 6.45) is 4.41. The zero-order chi connectivity index (χ0) is 14.5. The number of hydrogen-bond donors (Lipinski definition) is 2. The maximum absolute atomic E-state index is 12.0. The Balaban J connectivity index is 1.93. The first-order valence-electron chi connectivity index (χ1n) is 6.43. The van der Waals surface area contributed by atoms with Gasteiger partial charge in [0.05, 0.1) is 25.0 Å². The van der Waals surface area contributed by atoms with Crippen LogP contribution in [0.25, 0.3) is 0 Å². The number of nitrogens with zero attached hydrogens (tertiary/aromatic N) is 3. The molecule has 0 unspecified atom stereocenters. The molecule has 2 heterocycles. The Morgan fingerprint density at radius 2 is 2.40 bits per heavy atom. The highest BCUT2D eigenvalue weighted by molar-refractivity contribution is 5.92. The molecular weight excluding hydrogens is 264 g/mol. The molecule has 0 saturated carbocycles. The van der Waals surface area contributed by atoms with Crippen LogP contribution in [0, 0.1) is 0 Å². The molecule has 110 valence electrons. The molecule has 1 atom stereocenters. The van der Waals surface area contributed by atoms with Gasteiger partial charge in [-0.2, -0.15) is 5.10 Å². The fraction of sp³-hybridized carbons (Fsp3) is 0.583. The minimum atomic E-state index is -0.964. The highest BCUT2D eigenvalue weighted by Crippen LogP contribution is 2.19. The van der Waals surface area contributed by atoms with Gasteiger partial charge in [0.1, 0.15) is 6.04 Å². The number of urea groups is 1. The van der Waals surface area contributed by atoms with Crippen LogP contribution in [0.15, 0.2) is 12.4 Å². The predicted molar refractivity (Wildman–Crippen MR) is 70.5 cm³/mol. The van der Waals surface area contributed by atoms with Crippen molar-refractivity contribution < 1.29 is 19.4 Å². The summed E-state index contributed by atoms with van der Waals surface area (Å²) in [6, 6.07) is -1.14. The van der Waals surface area contributed by atoms with E-state index < -0.39 is 18.0 Å². The number of aromatic nitrogens is 2. The molecule has 1 fully saturated rings. The van der Waals surface area contributed by atoms with E-state index in [9.17, 15) is 9.59 Å².